The average Bonchev–Trinajstić information content (AvgIpc) is 2.28. The molecular formula is C9H15N3O. The Labute approximate surface area is 77.5 Å². The van der Waals surface area contributed by atoms with E-state index in [1.807, 2.05) is 20.8 Å². The van der Waals surface area contributed by atoms with Gasteiger partial charge in [-0.2, -0.15) is 5.10 Å². The molecule has 0 saturated heterocycles. The van der Waals surface area contributed by atoms with Gasteiger partial charge >= 0.3 is 0 Å². The lowest BCUT2D eigenvalue weighted by Crippen LogP contribution is -2.16. The Morgan fingerprint density at radius 2 is 2.00 bits per heavy atom. The third-order valence-corrected chi connectivity index (χ3v) is 1.90. The molecule has 0 fully saturated rings. The minimum absolute atomic E-state index is 0.0452. The van der Waals surface area contributed by atoms with Crippen molar-refractivity contribution in [3.05, 3.63) is 11.3 Å². The third kappa shape index (κ3) is 1.71. The summed E-state index contributed by atoms with van der Waals surface area (Å²) in [5.74, 6) is 0.244. The average molecular weight is 181 g/mol. The number of aromatic nitrogens is 2. The Morgan fingerprint density at radius 1 is 1.46 bits per heavy atom. The van der Waals surface area contributed by atoms with E-state index < -0.39 is 0 Å². The second kappa shape index (κ2) is 2.87. The van der Waals surface area contributed by atoms with E-state index in [0.717, 1.165) is 5.69 Å². The highest BCUT2D eigenvalue weighted by Gasteiger charge is 2.24. The highest BCUT2D eigenvalue weighted by molar-refractivity contribution is 5.99. The van der Waals surface area contributed by atoms with Gasteiger partial charge < -0.3 is 5.73 Å². The van der Waals surface area contributed by atoms with Gasteiger partial charge in [-0.15, -0.1) is 0 Å². The fourth-order valence-corrected chi connectivity index (χ4v) is 1.26. The van der Waals surface area contributed by atoms with E-state index >= 15 is 0 Å². The van der Waals surface area contributed by atoms with Gasteiger partial charge in [0.15, 0.2) is 11.6 Å². The molecule has 0 atom stereocenters. The normalized spacial score (nSPS) is 11.7. The molecule has 0 saturated carbocycles. The van der Waals surface area contributed by atoms with Gasteiger partial charge in [-0.3, -0.25) is 9.89 Å². The first-order chi connectivity index (χ1) is 5.84. The lowest BCUT2D eigenvalue weighted by Gasteiger charge is -2.17. The number of anilines is 1. The van der Waals surface area contributed by atoms with Crippen LogP contribution in [0.4, 0.5) is 5.82 Å². The van der Waals surface area contributed by atoms with Crippen LogP contribution < -0.4 is 5.73 Å². The molecule has 0 spiro atoms. The van der Waals surface area contributed by atoms with Crippen molar-refractivity contribution in [3.8, 4) is 0 Å². The van der Waals surface area contributed by atoms with Crippen LogP contribution in [-0.4, -0.2) is 16.0 Å². The number of Topliss-reactive ketones (excluding diaryl/α,β-unsaturated/α-hetero) is 1. The maximum atomic E-state index is 11.3. The van der Waals surface area contributed by atoms with Crippen LogP contribution in [0.25, 0.3) is 0 Å². The number of nitrogens with one attached hydrogen (secondary N) is 1. The van der Waals surface area contributed by atoms with E-state index in [1.165, 1.54) is 6.92 Å². The second-order valence-electron chi connectivity index (χ2n) is 4.17. The first-order valence-electron chi connectivity index (χ1n) is 4.19. The number of nitrogen functional groups attached to an aromatic ring is 1. The van der Waals surface area contributed by atoms with Crippen molar-refractivity contribution in [3.63, 3.8) is 0 Å². The maximum absolute atomic E-state index is 11.3. The number of carbonyl (C=O) groups is 1. The number of hydrogen-bond donors (Lipinski definition) is 2. The minimum Gasteiger partial charge on any atom is -0.382 e. The number of nitrogens with two attached hydrogens (primary N) is 1. The van der Waals surface area contributed by atoms with Gasteiger partial charge in [0.25, 0.3) is 0 Å². The Balaban J connectivity index is 3.31. The van der Waals surface area contributed by atoms with Crippen molar-refractivity contribution in [1.29, 1.82) is 0 Å². The summed E-state index contributed by atoms with van der Waals surface area (Å²) in [4.78, 5) is 11.3. The largest absolute Gasteiger partial charge is 0.382 e. The molecule has 0 aliphatic carbocycles. The third-order valence-electron chi connectivity index (χ3n) is 1.90. The summed E-state index contributed by atoms with van der Waals surface area (Å²) < 4.78 is 0. The molecule has 0 aliphatic heterocycles. The number of hydrogen-bond acceptors (Lipinski definition) is 3. The van der Waals surface area contributed by atoms with Gasteiger partial charge in [0.1, 0.15) is 0 Å². The number of ketones is 1. The Hall–Kier alpha value is -1.32. The summed E-state index contributed by atoms with van der Waals surface area (Å²) in [6, 6.07) is 0. The lowest BCUT2D eigenvalue weighted by molar-refractivity contribution is 0.101. The Morgan fingerprint density at radius 3 is 2.31 bits per heavy atom. The van der Waals surface area contributed by atoms with Crippen LogP contribution in [-0.2, 0) is 5.41 Å². The van der Waals surface area contributed by atoms with Crippen molar-refractivity contribution in [2.24, 2.45) is 0 Å². The van der Waals surface area contributed by atoms with Gasteiger partial charge in [0.2, 0.25) is 0 Å². The van der Waals surface area contributed by atoms with Crippen molar-refractivity contribution in [2.75, 3.05) is 5.73 Å². The predicted octanol–water partition coefficient (Wildman–Crippen LogP) is 1.49. The van der Waals surface area contributed by atoms with Crippen LogP contribution in [0.15, 0.2) is 0 Å². The standard InChI is InChI=1S/C9H15N3O/c1-5(13)6-7(9(2,3)4)11-12-8(6)10/h1-4H3,(H3,10,11,12). The zero-order valence-corrected chi connectivity index (χ0v) is 8.43. The van der Waals surface area contributed by atoms with E-state index in [-0.39, 0.29) is 17.0 Å². The van der Waals surface area contributed by atoms with Crippen LogP contribution in [0.2, 0.25) is 0 Å². The van der Waals surface area contributed by atoms with E-state index in [4.69, 9.17) is 5.73 Å². The first kappa shape index (κ1) is 9.77. The highest BCUT2D eigenvalue weighted by Crippen LogP contribution is 2.26. The summed E-state index contributed by atoms with van der Waals surface area (Å²) >= 11 is 0. The van der Waals surface area contributed by atoms with E-state index in [9.17, 15) is 4.79 Å². The SMILES string of the molecule is CC(=O)c1c(N)n[nH]c1C(C)(C)C. The van der Waals surface area contributed by atoms with Gasteiger partial charge in [0.05, 0.1) is 11.3 Å². The van der Waals surface area contributed by atoms with Crippen LogP contribution in [0.3, 0.4) is 0 Å². The van der Waals surface area contributed by atoms with Gasteiger partial charge in [0, 0.05) is 5.41 Å². The van der Waals surface area contributed by atoms with Crippen LogP contribution >= 0.6 is 0 Å². The topological polar surface area (TPSA) is 71.8 Å². The van der Waals surface area contributed by atoms with Crippen LogP contribution in [0, 0.1) is 0 Å². The molecule has 0 amide bonds. The summed E-state index contributed by atoms with van der Waals surface area (Å²) in [5, 5.41) is 6.64. The Bertz CT molecular complexity index is 333. The lowest BCUT2D eigenvalue weighted by atomic mass is 9.88. The molecule has 0 unspecified atom stereocenters. The zero-order valence-electron chi connectivity index (χ0n) is 8.43. The quantitative estimate of drug-likeness (QED) is 0.645. The monoisotopic (exact) mass is 181 g/mol. The van der Waals surface area contributed by atoms with Gasteiger partial charge in [-0.1, -0.05) is 20.8 Å². The van der Waals surface area contributed by atoms with Crippen molar-refractivity contribution >= 4 is 11.6 Å². The van der Waals surface area contributed by atoms with E-state index in [1.54, 1.807) is 0 Å². The molecule has 3 N–H and O–H groups in total. The molecule has 1 aromatic rings. The fraction of sp³-hybridized carbons (Fsp3) is 0.556. The molecule has 0 aliphatic rings. The number of aromatic amines is 1. The molecule has 13 heavy (non-hydrogen) atoms. The second-order valence-corrected chi connectivity index (χ2v) is 4.17. The van der Waals surface area contributed by atoms with Gasteiger partial charge in [-0.05, 0) is 6.92 Å². The van der Waals surface area contributed by atoms with Crippen LogP contribution in [0.1, 0.15) is 43.7 Å². The molecule has 72 valence electrons. The number of H-pyrrole nitrogens is 1. The molecule has 1 rings (SSSR count). The first-order valence-corrected chi connectivity index (χ1v) is 4.19. The maximum Gasteiger partial charge on any atom is 0.165 e. The molecule has 1 aromatic heterocycles. The fourth-order valence-electron chi connectivity index (χ4n) is 1.26. The zero-order chi connectivity index (χ0) is 10.2. The highest BCUT2D eigenvalue weighted by atomic mass is 16.1. The van der Waals surface area contributed by atoms with Crippen molar-refractivity contribution in [2.45, 2.75) is 33.1 Å². The molecule has 0 radical (unpaired) electrons. The van der Waals surface area contributed by atoms with Gasteiger partial charge in [-0.25, -0.2) is 0 Å². The molecule has 0 bridgehead atoms. The number of carbonyl (C=O) groups excluding carboxylic acids is 1. The van der Waals surface area contributed by atoms with E-state index in [0.29, 0.717) is 5.56 Å². The smallest absolute Gasteiger partial charge is 0.165 e. The van der Waals surface area contributed by atoms with E-state index in [2.05, 4.69) is 10.2 Å². The van der Waals surface area contributed by atoms with Crippen molar-refractivity contribution < 1.29 is 4.79 Å². The minimum atomic E-state index is -0.133. The molecule has 4 heteroatoms. The summed E-state index contributed by atoms with van der Waals surface area (Å²) in [7, 11) is 0. The molecule has 1 heterocycles. The van der Waals surface area contributed by atoms with Crippen molar-refractivity contribution in [1.82, 2.24) is 10.2 Å². The number of nitrogens with zero attached hydrogens (tertiary/aromatic N) is 1. The Kier molecular flexibility index (Phi) is 2.15. The summed E-state index contributed by atoms with van der Waals surface area (Å²) in [5.41, 5.74) is 6.77. The molecule has 0 aromatic carbocycles. The summed E-state index contributed by atoms with van der Waals surface area (Å²) in [6.07, 6.45) is 0. The molecule has 4 nitrogen and oxygen atoms in total. The molecular weight excluding hydrogens is 166 g/mol. The predicted molar refractivity (Wildman–Crippen MR) is 51.7 cm³/mol. The number of rotatable bonds is 1. The summed E-state index contributed by atoms with van der Waals surface area (Å²) in [6.45, 7) is 7.52. The van der Waals surface area contributed by atoms with Crippen LogP contribution in [0.5, 0.6) is 0 Å².